The van der Waals surface area contributed by atoms with E-state index in [1.165, 1.54) is 0 Å². The van der Waals surface area contributed by atoms with Crippen LogP contribution in [0.15, 0.2) is 53.1 Å². The van der Waals surface area contributed by atoms with Gasteiger partial charge in [0.25, 0.3) is 0 Å². The molecule has 3 rings (SSSR count). The summed E-state index contributed by atoms with van der Waals surface area (Å²) in [5.41, 5.74) is 2.27. The summed E-state index contributed by atoms with van der Waals surface area (Å²) in [7, 11) is 0. The molecule has 100 valence electrons. The minimum atomic E-state index is 0.467. The third-order valence-corrected chi connectivity index (χ3v) is 3.71. The number of nitrogens with zero attached hydrogens (tertiary/aromatic N) is 1. The van der Waals surface area contributed by atoms with Crippen LogP contribution >= 0.6 is 34.8 Å². The van der Waals surface area contributed by atoms with Gasteiger partial charge in [-0.25, -0.2) is 0 Å². The van der Waals surface area contributed by atoms with Crippen molar-refractivity contribution in [1.29, 1.82) is 0 Å². The number of halogens is 3. The standard InChI is InChI=1S/C15H8Cl3NO/c16-11-5-1-9(2-6-11)14-13(18)15(20-19-14)10-3-7-12(17)8-4-10/h1-8H. The van der Waals surface area contributed by atoms with E-state index in [0.717, 1.165) is 11.1 Å². The third-order valence-electron chi connectivity index (χ3n) is 2.86. The Bertz CT molecular complexity index is 670. The lowest BCUT2D eigenvalue weighted by molar-refractivity contribution is 0.435. The molecule has 0 bridgehead atoms. The second-order valence-corrected chi connectivity index (χ2v) is 5.44. The molecule has 0 spiro atoms. The topological polar surface area (TPSA) is 26.0 Å². The molecule has 0 fully saturated rings. The average molecular weight is 325 g/mol. The molecule has 1 aromatic heterocycles. The first-order valence-electron chi connectivity index (χ1n) is 5.82. The fourth-order valence-electron chi connectivity index (χ4n) is 1.85. The van der Waals surface area contributed by atoms with Gasteiger partial charge in [0.05, 0.1) is 0 Å². The van der Waals surface area contributed by atoms with Gasteiger partial charge in [0, 0.05) is 21.2 Å². The number of rotatable bonds is 2. The molecule has 1 heterocycles. The highest BCUT2D eigenvalue weighted by molar-refractivity contribution is 6.35. The zero-order valence-corrected chi connectivity index (χ0v) is 12.4. The quantitative estimate of drug-likeness (QED) is 0.580. The summed E-state index contributed by atoms with van der Waals surface area (Å²) < 4.78 is 5.35. The summed E-state index contributed by atoms with van der Waals surface area (Å²) >= 11 is 18.1. The summed E-state index contributed by atoms with van der Waals surface area (Å²) in [4.78, 5) is 0. The Labute approximate surface area is 130 Å². The van der Waals surface area contributed by atoms with E-state index in [-0.39, 0.29) is 0 Å². The van der Waals surface area contributed by atoms with E-state index < -0.39 is 0 Å². The van der Waals surface area contributed by atoms with E-state index in [4.69, 9.17) is 39.3 Å². The molecule has 0 unspecified atom stereocenters. The molecule has 20 heavy (non-hydrogen) atoms. The summed E-state index contributed by atoms with van der Waals surface area (Å²) in [6.45, 7) is 0. The molecular formula is C15H8Cl3NO. The maximum atomic E-state index is 6.35. The van der Waals surface area contributed by atoms with E-state index in [0.29, 0.717) is 26.5 Å². The molecule has 0 N–H and O–H groups in total. The molecule has 0 radical (unpaired) electrons. The Kier molecular flexibility index (Phi) is 3.70. The van der Waals surface area contributed by atoms with Crippen molar-refractivity contribution < 1.29 is 4.52 Å². The van der Waals surface area contributed by atoms with Gasteiger partial charge in [-0.1, -0.05) is 52.1 Å². The molecule has 0 amide bonds. The Morgan fingerprint density at radius 3 is 1.75 bits per heavy atom. The van der Waals surface area contributed by atoms with Gasteiger partial charge in [-0.3, -0.25) is 0 Å². The van der Waals surface area contributed by atoms with Crippen LogP contribution in [-0.4, -0.2) is 5.16 Å². The molecule has 0 saturated carbocycles. The van der Waals surface area contributed by atoms with Crippen LogP contribution in [0.4, 0.5) is 0 Å². The monoisotopic (exact) mass is 323 g/mol. The van der Waals surface area contributed by atoms with Crippen molar-refractivity contribution >= 4 is 34.8 Å². The molecular weight excluding hydrogens is 317 g/mol. The Balaban J connectivity index is 2.04. The van der Waals surface area contributed by atoms with E-state index in [2.05, 4.69) is 5.16 Å². The van der Waals surface area contributed by atoms with Crippen molar-refractivity contribution in [1.82, 2.24) is 5.16 Å². The van der Waals surface area contributed by atoms with Crippen LogP contribution in [0.2, 0.25) is 15.1 Å². The lowest BCUT2D eigenvalue weighted by atomic mass is 10.1. The smallest absolute Gasteiger partial charge is 0.186 e. The van der Waals surface area contributed by atoms with Crippen LogP contribution in [0.3, 0.4) is 0 Å². The Morgan fingerprint density at radius 1 is 0.700 bits per heavy atom. The van der Waals surface area contributed by atoms with Gasteiger partial charge < -0.3 is 4.52 Å². The van der Waals surface area contributed by atoms with Gasteiger partial charge in [-0.15, -0.1) is 0 Å². The number of benzene rings is 2. The van der Waals surface area contributed by atoms with Gasteiger partial charge in [-0.05, 0) is 36.4 Å². The van der Waals surface area contributed by atoms with E-state index in [9.17, 15) is 0 Å². The lowest BCUT2D eigenvalue weighted by Crippen LogP contribution is -1.78. The minimum Gasteiger partial charge on any atom is -0.354 e. The van der Waals surface area contributed by atoms with Crippen molar-refractivity contribution in [2.45, 2.75) is 0 Å². The molecule has 0 atom stereocenters. The van der Waals surface area contributed by atoms with Gasteiger partial charge in [0.1, 0.15) is 10.7 Å². The van der Waals surface area contributed by atoms with Gasteiger partial charge in [0.15, 0.2) is 5.76 Å². The molecule has 2 nitrogen and oxygen atoms in total. The maximum Gasteiger partial charge on any atom is 0.186 e. The van der Waals surface area contributed by atoms with Gasteiger partial charge in [0.2, 0.25) is 0 Å². The molecule has 0 aliphatic carbocycles. The Hall–Kier alpha value is -1.48. The third kappa shape index (κ3) is 2.55. The number of hydrogen-bond acceptors (Lipinski definition) is 2. The van der Waals surface area contributed by atoms with Crippen LogP contribution < -0.4 is 0 Å². The Morgan fingerprint density at radius 2 is 1.20 bits per heavy atom. The highest BCUT2D eigenvalue weighted by Gasteiger charge is 2.17. The van der Waals surface area contributed by atoms with Crippen molar-refractivity contribution in [3.63, 3.8) is 0 Å². The van der Waals surface area contributed by atoms with Gasteiger partial charge >= 0.3 is 0 Å². The highest BCUT2D eigenvalue weighted by atomic mass is 35.5. The van der Waals surface area contributed by atoms with Crippen molar-refractivity contribution in [3.8, 4) is 22.6 Å². The summed E-state index contributed by atoms with van der Waals surface area (Å²) in [6.07, 6.45) is 0. The van der Waals surface area contributed by atoms with Crippen LogP contribution in [-0.2, 0) is 0 Å². The van der Waals surface area contributed by atoms with E-state index >= 15 is 0 Å². The normalized spacial score (nSPS) is 10.8. The SMILES string of the molecule is Clc1ccc(-c2noc(-c3ccc(Cl)cc3)c2Cl)cc1. The van der Waals surface area contributed by atoms with Crippen LogP contribution in [0, 0.1) is 0 Å². The molecule has 5 heteroatoms. The maximum absolute atomic E-state index is 6.35. The largest absolute Gasteiger partial charge is 0.354 e. The zero-order chi connectivity index (χ0) is 14.1. The van der Waals surface area contributed by atoms with Crippen LogP contribution in [0.1, 0.15) is 0 Å². The number of hydrogen-bond donors (Lipinski definition) is 0. The summed E-state index contributed by atoms with van der Waals surface area (Å²) in [5, 5.41) is 5.81. The van der Waals surface area contributed by atoms with Crippen molar-refractivity contribution in [3.05, 3.63) is 63.6 Å². The molecule has 0 aliphatic heterocycles. The van der Waals surface area contributed by atoms with E-state index in [1.807, 2.05) is 24.3 Å². The van der Waals surface area contributed by atoms with Crippen molar-refractivity contribution in [2.24, 2.45) is 0 Å². The fraction of sp³-hybridized carbons (Fsp3) is 0. The second-order valence-electron chi connectivity index (χ2n) is 4.19. The first kappa shape index (κ1) is 13.5. The van der Waals surface area contributed by atoms with Gasteiger partial charge in [-0.2, -0.15) is 0 Å². The van der Waals surface area contributed by atoms with Crippen LogP contribution in [0.25, 0.3) is 22.6 Å². The summed E-state index contributed by atoms with van der Waals surface area (Å²) in [6, 6.07) is 14.5. The predicted octanol–water partition coefficient (Wildman–Crippen LogP) is 5.97. The number of aromatic nitrogens is 1. The molecule has 0 aliphatic rings. The molecule has 0 saturated heterocycles. The van der Waals surface area contributed by atoms with E-state index in [1.54, 1.807) is 24.3 Å². The first-order chi connectivity index (χ1) is 9.65. The minimum absolute atomic E-state index is 0.467. The summed E-state index contributed by atoms with van der Waals surface area (Å²) in [5.74, 6) is 0.522. The van der Waals surface area contributed by atoms with Crippen molar-refractivity contribution in [2.75, 3.05) is 0 Å². The first-order valence-corrected chi connectivity index (χ1v) is 6.95. The zero-order valence-electron chi connectivity index (χ0n) is 10.1. The van der Waals surface area contributed by atoms with Crippen LogP contribution in [0.5, 0.6) is 0 Å². The average Bonchev–Trinajstić information content (AvgIpc) is 2.83. The second kappa shape index (κ2) is 5.49. The fourth-order valence-corrected chi connectivity index (χ4v) is 2.39. The highest BCUT2D eigenvalue weighted by Crippen LogP contribution is 2.36. The molecule has 2 aromatic carbocycles. The molecule has 3 aromatic rings. The predicted molar refractivity (Wildman–Crippen MR) is 82.4 cm³/mol. The lowest BCUT2D eigenvalue weighted by Gasteiger charge is -1.98.